The van der Waals surface area contributed by atoms with Gasteiger partial charge in [0, 0.05) is 12.7 Å². The highest BCUT2D eigenvalue weighted by Gasteiger charge is 1.94. The van der Waals surface area contributed by atoms with Gasteiger partial charge in [0.25, 0.3) is 0 Å². The zero-order valence-corrected chi connectivity index (χ0v) is 7.99. The minimum absolute atomic E-state index is 0.373. The molecule has 3 N–H and O–H groups in total. The molecule has 1 aromatic carbocycles. The van der Waals surface area contributed by atoms with E-state index in [0.717, 1.165) is 11.3 Å². The van der Waals surface area contributed by atoms with Gasteiger partial charge in [-0.1, -0.05) is 12.1 Å². The number of anilines is 1. The highest BCUT2D eigenvalue weighted by atomic mass is 15.1. The van der Waals surface area contributed by atoms with E-state index in [1.54, 1.807) is 7.05 Å². The van der Waals surface area contributed by atoms with E-state index in [4.69, 9.17) is 11.0 Å². The van der Waals surface area contributed by atoms with Crippen LogP contribution < -0.4 is 11.1 Å². The number of hydrogen-bond acceptors (Lipinski definition) is 2. The number of nitrogens with two attached hydrogens (primary N) is 1. The first kappa shape index (κ1) is 10.1. The Bertz CT molecular complexity index is 359. The van der Waals surface area contributed by atoms with Gasteiger partial charge in [0.2, 0.25) is 0 Å². The summed E-state index contributed by atoms with van der Waals surface area (Å²) < 4.78 is 0. The van der Waals surface area contributed by atoms with Gasteiger partial charge in [0.15, 0.2) is 5.96 Å². The fraction of sp³-hybridized carbons (Fsp3) is 0.200. The second-order valence-electron chi connectivity index (χ2n) is 2.77. The van der Waals surface area contributed by atoms with Gasteiger partial charge in [0.1, 0.15) is 0 Å². The van der Waals surface area contributed by atoms with Crippen molar-refractivity contribution in [2.75, 3.05) is 12.4 Å². The molecule has 0 aromatic heterocycles. The zero-order chi connectivity index (χ0) is 10.4. The first-order valence-corrected chi connectivity index (χ1v) is 4.21. The highest BCUT2D eigenvalue weighted by molar-refractivity contribution is 5.92. The van der Waals surface area contributed by atoms with Crippen LogP contribution in [-0.4, -0.2) is 13.0 Å². The number of nitrogens with one attached hydrogen (secondary N) is 1. The third-order valence-electron chi connectivity index (χ3n) is 1.75. The third kappa shape index (κ3) is 2.79. The largest absolute Gasteiger partial charge is 0.370 e. The first-order valence-electron chi connectivity index (χ1n) is 4.21. The number of aliphatic imine (C=N–C) groups is 1. The van der Waals surface area contributed by atoms with Gasteiger partial charge in [-0.3, -0.25) is 4.99 Å². The SMILES string of the molecule is CN=C(N)Nc1ccc(CC#N)cc1. The van der Waals surface area contributed by atoms with Crippen molar-refractivity contribution in [1.29, 1.82) is 5.26 Å². The van der Waals surface area contributed by atoms with Crippen molar-refractivity contribution >= 4 is 11.6 Å². The Balaban J connectivity index is 2.69. The Morgan fingerprint density at radius 3 is 2.64 bits per heavy atom. The van der Waals surface area contributed by atoms with Crippen LogP contribution in [0.4, 0.5) is 5.69 Å². The summed E-state index contributed by atoms with van der Waals surface area (Å²) in [7, 11) is 1.62. The predicted octanol–water partition coefficient (Wildman–Crippen LogP) is 1.11. The molecule has 14 heavy (non-hydrogen) atoms. The number of rotatable bonds is 2. The van der Waals surface area contributed by atoms with Crippen LogP contribution in [0.25, 0.3) is 0 Å². The summed E-state index contributed by atoms with van der Waals surface area (Å²) in [5, 5.41) is 11.4. The summed E-state index contributed by atoms with van der Waals surface area (Å²) in [6.07, 6.45) is 0.428. The molecule has 0 aliphatic heterocycles. The van der Waals surface area contributed by atoms with Crippen LogP contribution in [-0.2, 0) is 6.42 Å². The zero-order valence-electron chi connectivity index (χ0n) is 7.99. The van der Waals surface area contributed by atoms with E-state index in [9.17, 15) is 0 Å². The molecule has 1 rings (SSSR count). The van der Waals surface area contributed by atoms with Crippen molar-refractivity contribution < 1.29 is 0 Å². The average molecular weight is 188 g/mol. The van der Waals surface area contributed by atoms with Crippen LogP contribution in [0.5, 0.6) is 0 Å². The molecular formula is C10H12N4. The standard InChI is InChI=1S/C10H12N4/c1-13-10(12)14-9-4-2-8(3-5-9)6-7-11/h2-5H,6H2,1H3,(H3,12,13,14). The van der Waals surface area contributed by atoms with Gasteiger partial charge in [-0.25, -0.2) is 0 Å². The molecule has 0 aliphatic rings. The van der Waals surface area contributed by atoms with E-state index in [1.165, 1.54) is 0 Å². The van der Waals surface area contributed by atoms with Crippen LogP contribution in [0.15, 0.2) is 29.3 Å². The van der Waals surface area contributed by atoms with Gasteiger partial charge in [-0.15, -0.1) is 0 Å². The van der Waals surface area contributed by atoms with Crippen molar-refractivity contribution in [1.82, 2.24) is 0 Å². The Kier molecular flexibility index (Phi) is 3.50. The molecule has 0 bridgehead atoms. The van der Waals surface area contributed by atoms with Crippen LogP contribution in [0.3, 0.4) is 0 Å². The van der Waals surface area contributed by atoms with E-state index >= 15 is 0 Å². The Hall–Kier alpha value is -2.02. The van der Waals surface area contributed by atoms with Gasteiger partial charge in [-0.05, 0) is 17.7 Å². The number of guanidine groups is 1. The smallest absolute Gasteiger partial charge is 0.192 e. The van der Waals surface area contributed by atoms with Gasteiger partial charge >= 0.3 is 0 Å². The molecule has 0 fully saturated rings. The number of nitrogens with zero attached hydrogens (tertiary/aromatic N) is 2. The second kappa shape index (κ2) is 4.87. The predicted molar refractivity (Wildman–Crippen MR) is 56.9 cm³/mol. The molecule has 0 saturated heterocycles. The fourth-order valence-corrected chi connectivity index (χ4v) is 1.00. The second-order valence-corrected chi connectivity index (χ2v) is 2.77. The molecule has 0 aliphatic carbocycles. The van der Waals surface area contributed by atoms with Crippen molar-refractivity contribution in [2.45, 2.75) is 6.42 Å². The summed E-state index contributed by atoms with van der Waals surface area (Å²) in [5.41, 5.74) is 7.35. The van der Waals surface area contributed by atoms with Crippen LogP contribution in [0, 0.1) is 11.3 Å². The van der Waals surface area contributed by atoms with Crippen LogP contribution in [0.2, 0.25) is 0 Å². The highest BCUT2D eigenvalue weighted by Crippen LogP contribution is 2.09. The molecule has 0 unspecified atom stereocenters. The number of benzene rings is 1. The minimum atomic E-state index is 0.373. The fourth-order valence-electron chi connectivity index (χ4n) is 1.00. The van der Waals surface area contributed by atoms with Gasteiger partial charge in [0.05, 0.1) is 12.5 Å². The molecule has 0 radical (unpaired) electrons. The maximum absolute atomic E-state index is 8.47. The molecule has 0 atom stereocenters. The topological polar surface area (TPSA) is 74.2 Å². The molecule has 4 heteroatoms. The van der Waals surface area contributed by atoms with E-state index in [0.29, 0.717) is 12.4 Å². The lowest BCUT2D eigenvalue weighted by atomic mass is 10.1. The molecular weight excluding hydrogens is 176 g/mol. The van der Waals surface area contributed by atoms with Crippen molar-refractivity contribution in [2.24, 2.45) is 10.7 Å². The van der Waals surface area contributed by atoms with Gasteiger partial charge in [-0.2, -0.15) is 5.26 Å². The van der Waals surface area contributed by atoms with Gasteiger partial charge < -0.3 is 11.1 Å². The van der Waals surface area contributed by atoms with Crippen LogP contribution >= 0.6 is 0 Å². The van der Waals surface area contributed by atoms with Crippen molar-refractivity contribution in [3.05, 3.63) is 29.8 Å². The van der Waals surface area contributed by atoms with E-state index in [-0.39, 0.29) is 0 Å². The molecule has 4 nitrogen and oxygen atoms in total. The number of nitriles is 1. The maximum atomic E-state index is 8.47. The molecule has 0 amide bonds. The lowest BCUT2D eigenvalue weighted by Gasteiger charge is -2.04. The van der Waals surface area contributed by atoms with Crippen molar-refractivity contribution in [3.63, 3.8) is 0 Å². The third-order valence-corrected chi connectivity index (χ3v) is 1.75. The molecule has 72 valence electrons. The van der Waals surface area contributed by atoms with E-state index < -0.39 is 0 Å². The van der Waals surface area contributed by atoms with E-state index in [2.05, 4.69) is 16.4 Å². The normalized spacial score (nSPS) is 10.7. The van der Waals surface area contributed by atoms with Crippen LogP contribution in [0.1, 0.15) is 5.56 Å². The number of hydrogen-bond donors (Lipinski definition) is 2. The maximum Gasteiger partial charge on any atom is 0.192 e. The quantitative estimate of drug-likeness (QED) is 0.539. The Morgan fingerprint density at radius 2 is 2.14 bits per heavy atom. The Labute approximate surface area is 83.1 Å². The average Bonchev–Trinajstić information content (AvgIpc) is 2.21. The van der Waals surface area contributed by atoms with E-state index in [1.807, 2.05) is 24.3 Å². The van der Waals surface area contributed by atoms with Crippen molar-refractivity contribution in [3.8, 4) is 6.07 Å². The summed E-state index contributed by atoms with van der Waals surface area (Å²) in [4.78, 5) is 3.77. The molecule has 1 aromatic rings. The Morgan fingerprint density at radius 1 is 1.50 bits per heavy atom. The summed E-state index contributed by atoms with van der Waals surface area (Å²) >= 11 is 0. The lowest BCUT2D eigenvalue weighted by molar-refractivity contribution is 1.26. The monoisotopic (exact) mass is 188 g/mol. The lowest BCUT2D eigenvalue weighted by Crippen LogP contribution is -2.21. The molecule has 0 heterocycles. The molecule has 0 spiro atoms. The summed E-state index contributed by atoms with van der Waals surface area (Å²) in [5.74, 6) is 0.373. The summed E-state index contributed by atoms with van der Waals surface area (Å²) in [6, 6.07) is 9.58. The minimum Gasteiger partial charge on any atom is -0.370 e. The first-order chi connectivity index (χ1) is 6.76. The molecule has 0 saturated carbocycles. The summed E-state index contributed by atoms with van der Waals surface area (Å²) in [6.45, 7) is 0.